The molecule has 6 heteroatoms. The van der Waals surface area contributed by atoms with Gasteiger partial charge in [-0.3, -0.25) is 9.59 Å². The quantitative estimate of drug-likeness (QED) is 0.810. The largest absolute Gasteiger partial charge is 0.350 e. The minimum atomic E-state index is -0.137. The molecule has 2 amide bonds. The Hall–Kier alpha value is -2.21. The summed E-state index contributed by atoms with van der Waals surface area (Å²) in [6.07, 6.45) is 3.32. The normalized spacial score (nSPS) is 11.8. The Morgan fingerprint density at radius 1 is 1.25 bits per heavy atom. The highest BCUT2D eigenvalue weighted by atomic mass is 32.1. The summed E-state index contributed by atoms with van der Waals surface area (Å²) in [6.45, 7) is 6.39. The molecule has 2 aromatic rings. The van der Waals surface area contributed by atoms with Gasteiger partial charge in [-0.05, 0) is 37.5 Å². The molecule has 0 aliphatic heterocycles. The molecule has 0 bridgehead atoms. The molecule has 0 aliphatic carbocycles. The average Bonchev–Trinajstić information content (AvgIpc) is 3.09. The zero-order valence-corrected chi connectivity index (χ0v) is 15.1. The molecule has 0 spiro atoms. The maximum absolute atomic E-state index is 12.2. The van der Waals surface area contributed by atoms with Gasteiger partial charge in [0.25, 0.3) is 11.8 Å². The number of aryl methyl sites for hydroxylation is 1. The Labute approximate surface area is 146 Å². The van der Waals surface area contributed by atoms with E-state index in [1.54, 1.807) is 12.3 Å². The van der Waals surface area contributed by atoms with Crippen molar-refractivity contribution >= 4 is 23.2 Å². The lowest BCUT2D eigenvalue weighted by molar-refractivity contribution is 0.0937. The van der Waals surface area contributed by atoms with E-state index in [2.05, 4.69) is 15.6 Å². The predicted molar refractivity (Wildman–Crippen MR) is 96.3 cm³/mol. The van der Waals surface area contributed by atoms with Crippen LogP contribution in [0.15, 0.2) is 30.5 Å². The van der Waals surface area contributed by atoms with E-state index in [4.69, 9.17) is 0 Å². The van der Waals surface area contributed by atoms with Crippen LogP contribution in [0.4, 0.5) is 0 Å². The van der Waals surface area contributed by atoms with Crippen LogP contribution in [0.1, 0.15) is 57.8 Å². The molecular formula is C18H23N3O2S. The van der Waals surface area contributed by atoms with Gasteiger partial charge in [-0.1, -0.05) is 26.0 Å². The number of hydrogen-bond acceptors (Lipinski definition) is 4. The third-order valence-electron chi connectivity index (χ3n) is 3.71. The second kappa shape index (κ2) is 8.59. The Morgan fingerprint density at radius 3 is 2.71 bits per heavy atom. The van der Waals surface area contributed by atoms with Crippen molar-refractivity contribution in [3.8, 4) is 0 Å². The van der Waals surface area contributed by atoms with Crippen LogP contribution in [0.2, 0.25) is 0 Å². The molecule has 1 atom stereocenters. The molecule has 0 aliphatic rings. The molecule has 0 fully saturated rings. The molecule has 1 unspecified atom stereocenters. The van der Waals surface area contributed by atoms with Gasteiger partial charge in [-0.2, -0.15) is 0 Å². The first-order valence-corrected chi connectivity index (χ1v) is 8.97. The minimum absolute atomic E-state index is 0.0902. The fourth-order valence-corrected chi connectivity index (χ4v) is 2.85. The molecule has 128 valence electrons. The summed E-state index contributed by atoms with van der Waals surface area (Å²) in [4.78, 5) is 29.1. The molecule has 1 heterocycles. The lowest BCUT2D eigenvalue weighted by atomic mass is 10.1. The lowest BCUT2D eigenvalue weighted by Crippen LogP contribution is -2.32. The van der Waals surface area contributed by atoms with E-state index in [1.807, 2.05) is 39.0 Å². The highest BCUT2D eigenvalue weighted by Gasteiger charge is 2.11. The van der Waals surface area contributed by atoms with Crippen molar-refractivity contribution in [3.05, 3.63) is 51.5 Å². The van der Waals surface area contributed by atoms with E-state index in [-0.39, 0.29) is 17.9 Å². The number of carbonyl (C=O) groups excluding carboxylic acids is 2. The van der Waals surface area contributed by atoms with Crippen LogP contribution in [-0.4, -0.2) is 22.8 Å². The van der Waals surface area contributed by atoms with Gasteiger partial charge >= 0.3 is 0 Å². The van der Waals surface area contributed by atoms with Crippen molar-refractivity contribution < 1.29 is 9.59 Å². The second-order valence-corrected chi connectivity index (χ2v) is 6.75. The monoisotopic (exact) mass is 345 g/mol. The van der Waals surface area contributed by atoms with Gasteiger partial charge in [-0.25, -0.2) is 4.98 Å². The van der Waals surface area contributed by atoms with Crippen LogP contribution in [0.3, 0.4) is 0 Å². The van der Waals surface area contributed by atoms with E-state index in [1.165, 1.54) is 11.3 Å². The summed E-state index contributed by atoms with van der Waals surface area (Å²) in [5.74, 6) is -0.228. The minimum Gasteiger partial charge on any atom is -0.350 e. The third-order valence-corrected chi connectivity index (χ3v) is 4.85. The Kier molecular flexibility index (Phi) is 6.49. The molecule has 24 heavy (non-hydrogen) atoms. The highest BCUT2D eigenvalue weighted by molar-refractivity contribution is 7.13. The lowest BCUT2D eigenvalue weighted by Gasteiger charge is -2.12. The number of thiazole rings is 1. The molecule has 0 saturated carbocycles. The SMILES string of the molecule is CCc1ncc(C(=O)NCc2cccc(C(=O)NC(C)CC)c2)s1. The van der Waals surface area contributed by atoms with E-state index in [0.29, 0.717) is 17.0 Å². The Bertz CT molecular complexity index is 712. The fraction of sp³-hybridized carbons (Fsp3) is 0.389. The summed E-state index contributed by atoms with van der Waals surface area (Å²) in [5.41, 5.74) is 1.49. The summed E-state index contributed by atoms with van der Waals surface area (Å²) >= 11 is 1.41. The fourth-order valence-electron chi connectivity index (χ4n) is 2.08. The van der Waals surface area contributed by atoms with Gasteiger partial charge < -0.3 is 10.6 Å². The number of carbonyl (C=O) groups is 2. The van der Waals surface area contributed by atoms with Crippen LogP contribution in [0.5, 0.6) is 0 Å². The van der Waals surface area contributed by atoms with Gasteiger partial charge in [0, 0.05) is 18.2 Å². The van der Waals surface area contributed by atoms with Crippen LogP contribution < -0.4 is 10.6 Å². The van der Waals surface area contributed by atoms with Crippen LogP contribution >= 0.6 is 11.3 Å². The number of rotatable bonds is 7. The zero-order chi connectivity index (χ0) is 17.5. The zero-order valence-electron chi connectivity index (χ0n) is 14.3. The van der Waals surface area contributed by atoms with Gasteiger partial charge in [-0.15, -0.1) is 11.3 Å². The first kappa shape index (κ1) is 18.1. The third kappa shape index (κ3) is 4.89. The molecule has 0 radical (unpaired) electrons. The van der Waals surface area contributed by atoms with Crippen molar-refractivity contribution in [1.29, 1.82) is 0 Å². The van der Waals surface area contributed by atoms with Gasteiger partial charge in [0.05, 0.1) is 11.2 Å². The molecule has 0 saturated heterocycles. The van der Waals surface area contributed by atoms with Crippen molar-refractivity contribution in [1.82, 2.24) is 15.6 Å². The summed E-state index contributed by atoms with van der Waals surface area (Å²) in [6, 6.07) is 7.45. The van der Waals surface area contributed by atoms with Crippen molar-refractivity contribution in [2.24, 2.45) is 0 Å². The van der Waals surface area contributed by atoms with Crippen LogP contribution in [0.25, 0.3) is 0 Å². The highest BCUT2D eigenvalue weighted by Crippen LogP contribution is 2.13. The van der Waals surface area contributed by atoms with Crippen molar-refractivity contribution in [2.45, 2.75) is 46.2 Å². The van der Waals surface area contributed by atoms with Crippen molar-refractivity contribution in [3.63, 3.8) is 0 Å². The molecule has 1 aromatic carbocycles. The van der Waals surface area contributed by atoms with E-state index < -0.39 is 0 Å². The van der Waals surface area contributed by atoms with E-state index >= 15 is 0 Å². The predicted octanol–water partition coefficient (Wildman–Crippen LogP) is 3.16. The van der Waals surface area contributed by atoms with Crippen LogP contribution in [-0.2, 0) is 13.0 Å². The number of amides is 2. The first-order chi connectivity index (χ1) is 11.5. The van der Waals surface area contributed by atoms with Gasteiger partial charge in [0.2, 0.25) is 0 Å². The van der Waals surface area contributed by atoms with Crippen LogP contribution in [0, 0.1) is 0 Å². The van der Waals surface area contributed by atoms with E-state index in [9.17, 15) is 9.59 Å². The maximum Gasteiger partial charge on any atom is 0.263 e. The van der Waals surface area contributed by atoms with E-state index in [0.717, 1.165) is 23.4 Å². The topological polar surface area (TPSA) is 71.1 Å². The molecular weight excluding hydrogens is 322 g/mol. The molecule has 1 aromatic heterocycles. The van der Waals surface area contributed by atoms with Crippen molar-refractivity contribution in [2.75, 3.05) is 0 Å². The Balaban J connectivity index is 1.96. The first-order valence-electron chi connectivity index (χ1n) is 8.16. The standard InChI is InChI=1S/C18H23N3O2S/c1-4-12(3)21-17(22)14-8-6-7-13(9-14)10-20-18(23)15-11-19-16(5-2)24-15/h6-9,11-12H,4-5,10H2,1-3H3,(H,20,23)(H,21,22). The number of nitrogens with zero attached hydrogens (tertiary/aromatic N) is 1. The van der Waals surface area contributed by atoms with Gasteiger partial charge in [0.15, 0.2) is 0 Å². The molecule has 5 nitrogen and oxygen atoms in total. The molecule has 2 rings (SSSR count). The number of nitrogens with one attached hydrogen (secondary N) is 2. The maximum atomic E-state index is 12.2. The number of aromatic nitrogens is 1. The average molecular weight is 345 g/mol. The van der Waals surface area contributed by atoms with Gasteiger partial charge in [0.1, 0.15) is 4.88 Å². The summed E-state index contributed by atoms with van der Waals surface area (Å²) in [5, 5.41) is 6.76. The second-order valence-electron chi connectivity index (χ2n) is 5.64. The number of hydrogen-bond donors (Lipinski definition) is 2. The smallest absolute Gasteiger partial charge is 0.263 e. The summed E-state index contributed by atoms with van der Waals surface area (Å²) in [7, 11) is 0. The Morgan fingerprint density at radius 2 is 2.04 bits per heavy atom. The molecule has 2 N–H and O–H groups in total. The summed E-state index contributed by atoms with van der Waals surface area (Å²) < 4.78 is 0. The number of benzene rings is 1.